The number of rotatable bonds is 5. The zero-order chi connectivity index (χ0) is 13.9. The first-order valence-electron chi connectivity index (χ1n) is 6.79. The van der Waals surface area contributed by atoms with Crippen molar-refractivity contribution in [2.45, 2.75) is 57.6 Å². The summed E-state index contributed by atoms with van der Waals surface area (Å²) in [5.41, 5.74) is -1.08. The molecule has 1 aliphatic rings. The van der Waals surface area contributed by atoms with Crippen molar-refractivity contribution in [3.63, 3.8) is 0 Å². The number of ether oxygens (including phenoxy) is 1. The number of carbonyl (C=O) groups is 1. The van der Waals surface area contributed by atoms with Gasteiger partial charge in [0.1, 0.15) is 6.10 Å². The normalized spacial score (nSPS) is 20.4. The lowest BCUT2D eigenvalue weighted by Gasteiger charge is -2.30. The van der Waals surface area contributed by atoms with Crippen LogP contribution in [0.5, 0.6) is 0 Å². The maximum absolute atomic E-state index is 11.7. The fraction of sp³-hybridized carbons (Fsp3) is 0.833. The van der Waals surface area contributed by atoms with Crippen LogP contribution in [-0.2, 0) is 15.1 Å². The van der Waals surface area contributed by atoms with Crippen LogP contribution in [-0.4, -0.2) is 37.9 Å². The van der Waals surface area contributed by atoms with Crippen LogP contribution in [0.2, 0.25) is 0 Å². The Labute approximate surface area is 111 Å². The predicted molar refractivity (Wildman–Crippen MR) is 66.6 cm³/mol. The number of aliphatic carboxylic acids is 1. The van der Waals surface area contributed by atoms with E-state index in [0.29, 0.717) is 25.3 Å². The molecule has 1 fully saturated rings. The van der Waals surface area contributed by atoms with E-state index < -0.39 is 11.5 Å². The highest BCUT2D eigenvalue weighted by atomic mass is 16.5. The molecule has 1 aromatic heterocycles. The van der Waals surface area contributed by atoms with Gasteiger partial charge in [-0.2, -0.15) is 0 Å². The fourth-order valence-electron chi connectivity index (χ4n) is 2.59. The Hall–Kier alpha value is -1.50. The first kappa shape index (κ1) is 13.9. The van der Waals surface area contributed by atoms with Crippen molar-refractivity contribution in [1.82, 2.24) is 20.2 Å². The third kappa shape index (κ3) is 2.34. The maximum Gasteiger partial charge on any atom is 0.331 e. The van der Waals surface area contributed by atoms with Gasteiger partial charge in [-0.15, -0.1) is 5.10 Å². The lowest BCUT2D eigenvalue weighted by Crippen LogP contribution is -2.43. The molecule has 106 valence electrons. The van der Waals surface area contributed by atoms with Gasteiger partial charge in [0, 0.05) is 6.61 Å². The molecule has 1 unspecified atom stereocenters. The van der Waals surface area contributed by atoms with Crippen molar-refractivity contribution in [2.75, 3.05) is 6.61 Å². The molecule has 0 bridgehead atoms. The van der Waals surface area contributed by atoms with Crippen molar-refractivity contribution < 1.29 is 14.6 Å². The van der Waals surface area contributed by atoms with Gasteiger partial charge in [0.25, 0.3) is 0 Å². The lowest BCUT2D eigenvalue weighted by molar-refractivity contribution is -0.149. The summed E-state index contributed by atoms with van der Waals surface area (Å²) < 4.78 is 7.12. The Bertz CT molecular complexity index is 436. The van der Waals surface area contributed by atoms with Crippen molar-refractivity contribution in [3.8, 4) is 0 Å². The highest BCUT2D eigenvalue weighted by molar-refractivity contribution is 5.76. The van der Waals surface area contributed by atoms with Crippen molar-refractivity contribution in [3.05, 3.63) is 5.82 Å². The number of carboxylic acids is 1. The van der Waals surface area contributed by atoms with E-state index in [1.54, 1.807) is 0 Å². The molecule has 0 amide bonds. The Morgan fingerprint density at radius 3 is 2.74 bits per heavy atom. The highest BCUT2D eigenvalue weighted by Crippen LogP contribution is 2.32. The molecule has 2 heterocycles. The molecule has 0 saturated carbocycles. The SMILES string of the molecule is CCC(CC)(C(=O)O)n1nnnc1C1CCCCO1. The number of hydrogen-bond donors (Lipinski definition) is 1. The maximum atomic E-state index is 11.7. The molecule has 1 atom stereocenters. The Balaban J connectivity index is 2.38. The van der Waals surface area contributed by atoms with Crippen LogP contribution in [0.25, 0.3) is 0 Å². The average Bonchev–Trinajstić information content (AvgIpc) is 2.91. The number of nitrogens with zero attached hydrogens (tertiary/aromatic N) is 4. The average molecular weight is 268 g/mol. The summed E-state index contributed by atoms with van der Waals surface area (Å²) in [7, 11) is 0. The van der Waals surface area contributed by atoms with Gasteiger partial charge in [0.05, 0.1) is 0 Å². The molecule has 7 heteroatoms. The molecular formula is C12H20N4O3. The Morgan fingerprint density at radius 2 is 2.21 bits per heavy atom. The number of aromatic nitrogens is 4. The molecule has 0 radical (unpaired) electrons. The van der Waals surface area contributed by atoms with E-state index in [-0.39, 0.29) is 6.10 Å². The second-order valence-electron chi connectivity index (χ2n) is 4.85. The van der Waals surface area contributed by atoms with Gasteiger partial charge < -0.3 is 9.84 Å². The molecule has 1 aromatic rings. The van der Waals surface area contributed by atoms with E-state index in [2.05, 4.69) is 15.5 Å². The minimum Gasteiger partial charge on any atom is -0.479 e. The number of tetrazole rings is 1. The van der Waals surface area contributed by atoms with Gasteiger partial charge in [0.2, 0.25) is 0 Å². The van der Waals surface area contributed by atoms with Gasteiger partial charge in [-0.05, 0) is 42.5 Å². The van der Waals surface area contributed by atoms with Gasteiger partial charge in [-0.1, -0.05) is 13.8 Å². The molecule has 19 heavy (non-hydrogen) atoms. The highest BCUT2D eigenvalue weighted by Gasteiger charge is 2.41. The molecule has 0 aromatic carbocycles. The summed E-state index contributed by atoms with van der Waals surface area (Å²) in [6, 6.07) is 0. The summed E-state index contributed by atoms with van der Waals surface area (Å²) >= 11 is 0. The molecule has 0 spiro atoms. The topological polar surface area (TPSA) is 90.1 Å². The minimum atomic E-state index is -1.08. The Kier molecular flexibility index (Phi) is 4.14. The van der Waals surface area contributed by atoms with Crippen molar-refractivity contribution in [1.29, 1.82) is 0 Å². The monoisotopic (exact) mass is 268 g/mol. The summed E-state index contributed by atoms with van der Waals surface area (Å²) in [5, 5.41) is 21.1. The minimum absolute atomic E-state index is 0.194. The van der Waals surface area contributed by atoms with Crippen LogP contribution in [0.15, 0.2) is 0 Å². The van der Waals surface area contributed by atoms with Crippen LogP contribution in [0, 0.1) is 0 Å². The van der Waals surface area contributed by atoms with E-state index >= 15 is 0 Å². The van der Waals surface area contributed by atoms with Crippen LogP contribution in [0.4, 0.5) is 0 Å². The van der Waals surface area contributed by atoms with Crippen molar-refractivity contribution in [2.24, 2.45) is 0 Å². The summed E-state index contributed by atoms with van der Waals surface area (Å²) in [6.45, 7) is 4.35. The van der Waals surface area contributed by atoms with E-state index in [1.807, 2.05) is 13.8 Å². The molecular weight excluding hydrogens is 248 g/mol. The largest absolute Gasteiger partial charge is 0.479 e. The zero-order valence-corrected chi connectivity index (χ0v) is 11.4. The molecule has 7 nitrogen and oxygen atoms in total. The predicted octanol–water partition coefficient (Wildman–Crippen LogP) is 1.51. The number of hydrogen-bond acceptors (Lipinski definition) is 5. The van der Waals surface area contributed by atoms with Gasteiger partial charge in [-0.25, -0.2) is 9.48 Å². The summed E-state index contributed by atoms with van der Waals surface area (Å²) in [6.07, 6.45) is 3.59. The van der Waals surface area contributed by atoms with Gasteiger partial charge in [0.15, 0.2) is 11.4 Å². The smallest absolute Gasteiger partial charge is 0.331 e. The third-order valence-electron chi connectivity index (χ3n) is 3.93. The van der Waals surface area contributed by atoms with E-state index in [0.717, 1.165) is 19.3 Å². The first-order valence-corrected chi connectivity index (χ1v) is 6.79. The van der Waals surface area contributed by atoms with Crippen LogP contribution in [0.1, 0.15) is 57.9 Å². The van der Waals surface area contributed by atoms with Crippen LogP contribution in [0.3, 0.4) is 0 Å². The molecule has 1 N–H and O–H groups in total. The summed E-state index contributed by atoms with van der Waals surface area (Å²) in [4.78, 5) is 11.7. The van der Waals surface area contributed by atoms with Crippen LogP contribution < -0.4 is 0 Å². The van der Waals surface area contributed by atoms with E-state index in [1.165, 1.54) is 4.68 Å². The number of carboxylic acid groups (broad SMARTS) is 1. The fourth-order valence-corrected chi connectivity index (χ4v) is 2.59. The Morgan fingerprint density at radius 1 is 1.47 bits per heavy atom. The molecule has 1 saturated heterocycles. The molecule has 0 aliphatic carbocycles. The van der Waals surface area contributed by atoms with Gasteiger partial charge >= 0.3 is 5.97 Å². The summed E-state index contributed by atoms with van der Waals surface area (Å²) in [5.74, 6) is -0.368. The first-order chi connectivity index (χ1) is 9.15. The zero-order valence-electron chi connectivity index (χ0n) is 11.4. The quantitative estimate of drug-likeness (QED) is 0.870. The van der Waals surface area contributed by atoms with E-state index in [4.69, 9.17) is 4.74 Å². The van der Waals surface area contributed by atoms with E-state index in [9.17, 15) is 9.90 Å². The molecule has 1 aliphatic heterocycles. The lowest BCUT2D eigenvalue weighted by atomic mass is 9.92. The molecule has 2 rings (SSSR count). The van der Waals surface area contributed by atoms with Crippen molar-refractivity contribution >= 4 is 5.97 Å². The van der Waals surface area contributed by atoms with Crippen LogP contribution >= 0.6 is 0 Å². The standard InChI is InChI=1S/C12H20N4O3/c1-3-12(4-2,11(17)18)16-10(13-14-15-16)9-7-5-6-8-19-9/h9H,3-8H2,1-2H3,(H,17,18). The second kappa shape index (κ2) is 5.64. The second-order valence-corrected chi connectivity index (χ2v) is 4.85. The van der Waals surface area contributed by atoms with Gasteiger partial charge in [-0.3, -0.25) is 0 Å². The third-order valence-corrected chi connectivity index (χ3v) is 3.93.